The maximum absolute atomic E-state index is 12.3. The van der Waals surface area contributed by atoms with Crippen LogP contribution in [0.25, 0.3) is 0 Å². The summed E-state index contributed by atoms with van der Waals surface area (Å²) in [5, 5.41) is 4.15. The van der Waals surface area contributed by atoms with Gasteiger partial charge in [-0.25, -0.2) is 13.1 Å². The van der Waals surface area contributed by atoms with Gasteiger partial charge in [0.15, 0.2) is 0 Å². The number of nitrogens with zero attached hydrogens (tertiary/aromatic N) is 3. The summed E-state index contributed by atoms with van der Waals surface area (Å²) in [5.74, 6) is 0. The Labute approximate surface area is 122 Å². The minimum Gasteiger partial charge on any atom is -0.304 e. The van der Waals surface area contributed by atoms with E-state index in [1.807, 2.05) is 0 Å². The lowest BCUT2D eigenvalue weighted by Crippen LogP contribution is -2.30. The van der Waals surface area contributed by atoms with Crippen LogP contribution >= 0.6 is 0 Å². The number of sulfonamides is 1. The SMILES string of the molecule is CCN(CC)CCCNS(=O)(=O)c1c(C)nn(C)c1C. The van der Waals surface area contributed by atoms with Gasteiger partial charge in [0, 0.05) is 13.6 Å². The molecule has 0 aliphatic rings. The summed E-state index contributed by atoms with van der Waals surface area (Å²) in [6, 6.07) is 0. The third kappa shape index (κ3) is 4.04. The van der Waals surface area contributed by atoms with Crippen molar-refractivity contribution in [2.24, 2.45) is 7.05 Å². The highest BCUT2D eigenvalue weighted by Gasteiger charge is 2.23. The van der Waals surface area contributed by atoms with Crippen molar-refractivity contribution in [3.63, 3.8) is 0 Å². The van der Waals surface area contributed by atoms with E-state index >= 15 is 0 Å². The number of aromatic nitrogens is 2. The van der Waals surface area contributed by atoms with Gasteiger partial charge in [0.1, 0.15) is 4.90 Å². The zero-order valence-electron chi connectivity index (χ0n) is 13.1. The summed E-state index contributed by atoms with van der Waals surface area (Å²) >= 11 is 0. The van der Waals surface area contributed by atoms with Gasteiger partial charge in [0.25, 0.3) is 0 Å². The quantitative estimate of drug-likeness (QED) is 0.729. The first-order valence-corrected chi connectivity index (χ1v) is 8.54. The van der Waals surface area contributed by atoms with E-state index in [1.54, 1.807) is 25.6 Å². The molecule has 0 atom stereocenters. The van der Waals surface area contributed by atoms with Crippen LogP contribution in [-0.2, 0) is 17.1 Å². The van der Waals surface area contributed by atoms with Crippen LogP contribution in [0.4, 0.5) is 0 Å². The molecule has 0 aromatic carbocycles. The monoisotopic (exact) mass is 302 g/mol. The van der Waals surface area contributed by atoms with Crippen molar-refractivity contribution in [2.75, 3.05) is 26.2 Å². The van der Waals surface area contributed by atoms with Gasteiger partial charge >= 0.3 is 0 Å². The molecule has 116 valence electrons. The molecule has 0 aliphatic heterocycles. The molecule has 0 fully saturated rings. The van der Waals surface area contributed by atoms with Gasteiger partial charge in [0.05, 0.1) is 11.4 Å². The Kier molecular flexibility index (Phi) is 6.16. The summed E-state index contributed by atoms with van der Waals surface area (Å²) in [5.41, 5.74) is 1.21. The molecule has 0 spiro atoms. The first-order valence-electron chi connectivity index (χ1n) is 7.05. The molecule has 1 heterocycles. The normalized spacial score (nSPS) is 12.3. The van der Waals surface area contributed by atoms with Gasteiger partial charge in [-0.1, -0.05) is 13.8 Å². The largest absolute Gasteiger partial charge is 0.304 e. The van der Waals surface area contributed by atoms with E-state index in [2.05, 4.69) is 28.6 Å². The Morgan fingerprint density at radius 1 is 1.25 bits per heavy atom. The van der Waals surface area contributed by atoms with Gasteiger partial charge in [-0.2, -0.15) is 5.10 Å². The molecule has 1 aromatic rings. The summed E-state index contributed by atoms with van der Waals surface area (Å²) in [7, 11) is -1.71. The van der Waals surface area contributed by atoms with Crippen LogP contribution in [0.5, 0.6) is 0 Å². The first-order chi connectivity index (χ1) is 9.33. The highest BCUT2D eigenvalue weighted by Crippen LogP contribution is 2.17. The fourth-order valence-corrected chi connectivity index (χ4v) is 3.77. The lowest BCUT2D eigenvalue weighted by molar-refractivity contribution is 0.300. The lowest BCUT2D eigenvalue weighted by atomic mass is 10.4. The third-order valence-corrected chi connectivity index (χ3v) is 5.26. The smallest absolute Gasteiger partial charge is 0.244 e. The van der Waals surface area contributed by atoms with Gasteiger partial charge in [0.2, 0.25) is 10.0 Å². The predicted octanol–water partition coefficient (Wildman–Crippen LogP) is 1.05. The average Bonchev–Trinajstić information content (AvgIpc) is 2.64. The summed E-state index contributed by atoms with van der Waals surface area (Å²) in [4.78, 5) is 2.58. The number of aryl methyl sites for hydroxylation is 2. The number of hydrogen-bond donors (Lipinski definition) is 1. The van der Waals surface area contributed by atoms with Crippen molar-refractivity contribution < 1.29 is 8.42 Å². The second-order valence-electron chi connectivity index (χ2n) is 4.90. The fraction of sp³-hybridized carbons (Fsp3) is 0.769. The molecule has 0 amide bonds. The summed E-state index contributed by atoms with van der Waals surface area (Å²) < 4.78 is 28.8. The maximum Gasteiger partial charge on any atom is 0.244 e. The minimum absolute atomic E-state index is 0.308. The van der Waals surface area contributed by atoms with Crippen molar-refractivity contribution in [3.05, 3.63) is 11.4 Å². The molecule has 7 heteroatoms. The molecule has 6 nitrogen and oxygen atoms in total. The second-order valence-corrected chi connectivity index (χ2v) is 6.61. The third-order valence-electron chi connectivity index (χ3n) is 3.55. The van der Waals surface area contributed by atoms with E-state index < -0.39 is 10.0 Å². The molecular weight excluding hydrogens is 276 g/mol. The first kappa shape index (κ1) is 17.1. The van der Waals surface area contributed by atoms with Crippen molar-refractivity contribution in [3.8, 4) is 0 Å². The van der Waals surface area contributed by atoms with Crippen molar-refractivity contribution in [1.29, 1.82) is 0 Å². The van der Waals surface area contributed by atoms with E-state index in [0.717, 1.165) is 26.1 Å². The number of hydrogen-bond acceptors (Lipinski definition) is 4. The lowest BCUT2D eigenvalue weighted by Gasteiger charge is -2.17. The van der Waals surface area contributed by atoms with Crippen LogP contribution in [0, 0.1) is 13.8 Å². The summed E-state index contributed by atoms with van der Waals surface area (Å²) in [6.45, 7) is 11.0. The Bertz CT molecular complexity index is 533. The highest BCUT2D eigenvalue weighted by atomic mass is 32.2. The molecule has 20 heavy (non-hydrogen) atoms. The summed E-state index contributed by atoms with van der Waals surface area (Å²) in [6.07, 6.45) is 0.805. The zero-order chi connectivity index (χ0) is 15.3. The molecule has 1 aromatic heterocycles. The van der Waals surface area contributed by atoms with Gasteiger partial charge in [-0.15, -0.1) is 0 Å². The van der Waals surface area contributed by atoms with Crippen LogP contribution in [0.15, 0.2) is 4.90 Å². The Morgan fingerprint density at radius 2 is 1.85 bits per heavy atom. The highest BCUT2D eigenvalue weighted by molar-refractivity contribution is 7.89. The predicted molar refractivity (Wildman–Crippen MR) is 80.3 cm³/mol. The van der Waals surface area contributed by atoms with E-state index in [1.165, 1.54) is 0 Å². The van der Waals surface area contributed by atoms with Crippen LogP contribution in [0.3, 0.4) is 0 Å². The molecule has 0 unspecified atom stereocenters. The topological polar surface area (TPSA) is 67.2 Å². The molecular formula is C13H26N4O2S. The van der Waals surface area contributed by atoms with Crippen molar-refractivity contribution in [1.82, 2.24) is 19.4 Å². The van der Waals surface area contributed by atoms with E-state index in [0.29, 0.717) is 22.8 Å². The van der Waals surface area contributed by atoms with Crippen LogP contribution in [-0.4, -0.2) is 49.3 Å². The van der Waals surface area contributed by atoms with Gasteiger partial charge in [-0.05, 0) is 39.9 Å². The van der Waals surface area contributed by atoms with Crippen LogP contribution < -0.4 is 4.72 Å². The number of rotatable bonds is 8. The van der Waals surface area contributed by atoms with Crippen molar-refractivity contribution in [2.45, 2.75) is 39.0 Å². The van der Waals surface area contributed by atoms with Gasteiger partial charge < -0.3 is 4.90 Å². The van der Waals surface area contributed by atoms with Crippen molar-refractivity contribution >= 4 is 10.0 Å². The Balaban J connectivity index is 2.63. The second kappa shape index (κ2) is 7.19. The fourth-order valence-electron chi connectivity index (χ4n) is 2.26. The molecule has 0 bridgehead atoms. The Hall–Kier alpha value is -0.920. The van der Waals surface area contributed by atoms with Crippen LogP contribution in [0.2, 0.25) is 0 Å². The maximum atomic E-state index is 12.3. The molecule has 0 radical (unpaired) electrons. The van der Waals surface area contributed by atoms with E-state index in [-0.39, 0.29) is 0 Å². The van der Waals surface area contributed by atoms with E-state index in [9.17, 15) is 8.42 Å². The van der Waals surface area contributed by atoms with E-state index in [4.69, 9.17) is 0 Å². The standard InChI is InChI=1S/C13H26N4O2S/c1-6-17(7-2)10-8-9-14-20(18,19)13-11(3)15-16(5)12(13)4/h14H,6-10H2,1-5H3. The molecule has 0 saturated heterocycles. The number of nitrogens with one attached hydrogen (secondary N) is 1. The molecule has 1 rings (SSSR count). The molecule has 0 aliphatic carbocycles. The van der Waals surface area contributed by atoms with Gasteiger partial charge in [-0.3, -0.25) is 4.68 Å². The van der Waals surface area contributed by atoms with Crippen LogP contribution in [0.1, 0.15) is 31.7 Å². The Morgan fingerprint density at radius 3 is 2.30 bits per heavy atom. The molecule has 1 N–H and O–H groups in total. The average molecular weight is 302 g/mol. The minimum atomic E-state index is -3.46. The molecule has 0 saturated carbocycles. The zero-order valence-corrected chi connectivity index (χ0v) is 13.9.